The zero-order chi connectivity index (χ0) is 20.1. The Kier molecular flexibility index (Phi) is 6.36. The number of benzene rings is 2. The predicted octanol–water partition coefficient (Wildman–Crippen LogP) is 2.66. The number of amides is 1. The Morgan fingerprint density at radius 3 is 2.39 bits per heavy atom. The summed E-state index contributed by atoms with van der Waals surface area (Å²) in [7, 11) is -3.24. The lowest BCUT2D eigenvalue weighted by atomic mass is 10.1. The first-order valence-corrected chi connectivity index (χ1v) is 11.3. The van der Waals surface area contributed by atoms with Crippen molar-refractivity contribution in [3.63, 3.8) is 0 Å². The van der Waals surface area contributed by atoms with Gasteiger partial charge in [-0.2, -0.15) is 0 Å². The van der Waals surface area contributed by atoms with Gasteiger partial charge in [-0.05, 0) is 43.0 Å². The standard InChI is InChI=1S/C21H26N2O4S/c1-16(21(24)22-19-9-6-14-23(15-19)28(2,25)26)27-20-12-10-18(11-13-20)17-7-4-3-5-8-17/h3-5,7-8,10-13,16,19H,6,9,14-15H2,1-2H3,(H,22,24). The van der Waals surface area contributed by atoms with Crippen molar-refractivity contribution in [2.45, 2.75) is 31.9 Å². The monoisotopic (exact) mass is 402 g/mol. The molecule has 0 saturated carbocycles. The first-order chi connectivity index (χ1) is 13.3. The van der Waals surface area contributed by atoms with Crippen LogP contribution in [0, 0.1) is 0 Å². The molecular formula is C21H26N2O4S. The topological polar surface area (TPSA) is 75.7 Å². The molecule has 0 aliphatic carbocycles. The molecule has 2 aromatic carbocycles. The normalized spacial score (nSPS) is 19.0. The number of hydrogen-bond donors (Lipinski definition) is 1. The van der Waals surface area contributed by atoms with Crippen LogP contribution in [0.3, 0.4) is 0 Å². The third-order valence-electron chi connectivity index (χ3n) is 4.84. The second kappa shape index (κ2) is 8.75. The van der Waals surface area contributed by atoms with Gasteiger partial charge in [-0.15, -0.1) is 0 Å². The molecule has 2 atom stereocenters. The van der Waals surface area contributed by atoms with Crippen LogP contribution in [0.5, 0.6) is 5.75 Å². The van der Waals surface area contributed by atoms with E-state index >= 15 is 0 Å². The summed E-state index contributed by atoms with van der Waals surface area (Å²) in [5.41, 5.74) is 2.20. The molecule has 2 unspecified atom stereocenters. The maximum atomic E-state index is 12.5. The molecule has 3 rings (SSSR count). The molecule has 1 N–H and O–H groups in total. The van der Waals surface area contributed by atoms with Crippen molar-refractivity contribution in [3.05, 3.63) is 54.6 Å². The van der Waals surface area contributed by atoms with Gasteiger partial charge in [0.2, 0.25) is 10.0 Å². The smallest absolute Gasteiger partial charge is 0.261 e. The minimum atomic E-state index is -3.24. The molecule has 1 aliphatic heterocycles. The summed E-state index contributed by atoms with van der Waals surface area (Å²) in [6.45, 7) is 2.51. The predicted molar refractivity (Wildman–Crippen MR) is 110 cm³/mol. The van der Waals surface area contributed by atoms with E-state index in [1.165, 1.54) is 10.6 Å². The van der Waals surface area contributed by atoms with Gasteiger partial charge in [0.1, 0.15) is 5.75 Å². The minimum Gasteiger partial charge on any atom is -0.481 e. The van der Waals surface area contributed by atoms with Crippen LogP contribution < -0.4 is 10.1 Å². The van der Waals surface area contributed by atoms with E-state index < -0.39 is 16.1 Å². The van der Waals surface area contributed by atoms with E-state index in [0.717, 1.165) is 24.0 Å². The number of ether oxygens (including phenoxy) is 1. The van der Waals surface area contributed by atoms with E-state index in [2.05, 4.69) is 5.32 Å². The average molecular weight is 403 g/mol. The second-order valence-electron chi connectivity index (χ2n) is 7.12. The third-order valence-corrected chi connectivity index (χ3v) is 6.11. The lowest BCUT2D eigenvalue weighted by molar-refractivity contribution is -0.128. The fraction of sp³-hybridized carbons (Fsp3) is 0.381. The van der Waals surface area contributed by atoms with E-state index in [0.29, 0.717) is 18.8 Å². The number of sulfonamides is 1. The fourth-order valence-electron chi connectivity index (χ4n) is 3.29. The van der Waals surface area contributed by atoms with Crippen LogP contribution in [0.2, 0.25) is 0 Å². The number of hydrogen-bond acceptors (Lipinski definition) is 4. The number of nitrogens with one attached hydrogen (secondary N) is 1. The highest BCUT2D eigenvalue weighted by atomic mass is 32.2. The first-order valence-electron chi connectivity index (χ1n) is 9.40. The summed E-state index contributed by atoms with van der Waals surface area (Å²) in [4.78, 5) is 12.5. The Labute approximate surface area is 166 Å². The highest BCUT2D eigenvalue weighted by Crippen LogP contribution is 2.22. The van der Waals surface area contributed by atoms with Gasteiger partial charge in [0.25, 0.3) is 5.91 Å². The van der Waals surface area contributed by atoms with Crippen molar-refractivity contribution in [2.24, 2.45) is 0 Å². The number of carbonyl (C=O) groups is 1. The van der Waals surface area contributed by atoms with Crippen molar-refractivity contribution >= 4 is 15.9 Å². The Morgan fingerprint density at radius 2 is 1.75 bits per heavy atom. The summed E-state index contributed by atoms with van der Waals surface area (Å²) in [6.07, 6.45) is 2.02. The second-order valence-corrected chi connectivity index (χ2v) is 9.10. The summed E-state index contributed by atoms with van der Waals surface area (Å²) >= 11 is 0. The van der Waals surface area contributed by atoms with E-state index in [9.17, 15) is 13.2 Å². The van der Waals surface area contributed by atoms with Gasteiger partial charge in [-0.25, -0.2) is 12.7 Å². The van der Waals surface area contributed by atoms with Crippen molar-refractivity contribution in [1.29, 1.82) is 0 Å². The molecule has 0 aromatic heterocycles. The highest BCUT2D eigenvalue weighted by molar-refractivity contribution is 7.88. The third kappa shape index (κ3) is 5.33. The summed E-state index contributed by atoms with van der Waals surface area (Å²) in [6, 6.07) is 17.4. The van der Waals surface area contributed by atoms with Crippen molar-refractivity contribution in [3.8, 4) is 16.9 Å². The molecule has 1 heterocycles. The van der Waals surface area contributed by atoms with Crippen LogP contribution >= 0.6 is 0 Å². The molecule has 0 radical (unpaired) electrons. The molecule has 1 amide bonds. The van der Waals surface area contributed by atoms with Crippen molar-refractivity contribution < 1.29 is 17.9 Å². The first kappa shape index (κ1) is 20.4. The van der Waals surface area contributed by atoms with Gasteiger partial charge in [0, 0.05) is 19.1 Å². The van der Waals surface area contributed by atoms with Gasteiger partial charge < -0.3 is 10.1 Å². The Hall–Kier alpha value is -2.38. The fourth-order valence-corrected chi connectivity index (χ4v) is 4.21. The van der Waals surface area contributed by atoms with Crippen LogP contribution in [0.25, 0.3) is 11.1 Å². The van der Waals surface area contributed by atoms with Crippen LogP contribution in [0.15, 0.2) is 54.6 Å². The molecule has 1 aliphatic rings. The molecule has 7 heteroatoms. The van der Waals surface area contributed by atoms with Gasteiger partial charge in [0.05, 0.1) is 6.26 Å². The number of nitrogens with zero attached hydrogens (tertiary/aromatic N) is 1. The van der Waals surface area contributed by atoms with Crippen LogP contribution in [-0.2, 0) is 14.8 Å². The molecule has 150 valence electrons. The maximum absolute atomic E-state index is 12.5. The lowest BCUT2D eigenvalue weighted by Crippen LogP contribution is -2.51. The van der Waals surface area contributed by atoms with Gasteiger partial charge in [-0.3, -0.25) is 4.79 Å². The van der Waals surface area contributed by atoms with Gasteiger partial charge in [-0.1, -0.05) is 42.5 Å². The SMILES string of the molecule is CC(Oc1ccc(-c2ccccc2)cc1)C(=O)NC1CCCN(S(C)(=O)=O)C1. The Morgan fingerprint density at radius 1 is 1.11 bits per heavy atom. The van der Waals surface area contributed by atoms with Gasteiger partial charge >= 0.3 is 0 Å². The van der Waals surface area contributed by atoms with Crippen LogP contribution in [0.1, 0.15) is 19.8 Å². The van der Waals surface area contributed by atoms with Crippen molar-refractivity contribution in [2.75, 3.05) is 19.3 Å². The Balaban J connectivity index is 1.55. The molecule has 28 heavy (non-hydrogen) atoms. The van der Waals surface area contributed by atoms with E-state index in [-0.39, 0.29) is 11.9 Å². The average Bonchev–Trinajstić information content (AvgIpc) is 2.69. The maximum Gasteiger partial charge on any atom is 0.261 e. The number of piperidine rings is 1. The number of rotatable bonds is 6. The lowest BCUT2D eigenvalue weighted by Gasteiger charge is -2.32. The molecule has 2 aromatic rings. The van der Waals surface area contributed by atoms with Crippen LogP contribution in [-0.4, -0.2) is 50.1 Å². The molecule has 1 saturated heterocycles. The van der Waals surface area contributed by atoms with E-state index in [4.69, 9.17) is 4.74 Å². The zero-order valence-electron chi connectivity index (χ0n) is 16.2. The summed E-state index contributed by atoms with van der Waals surface area (Å²) < 4.78 is 30.6. The number of carbonyl (C=O) groups excluding carboxylic acids is 1. The van der Waals surface area contributed by atoms with E-state index in [1.54, 1.807) is 6.92 Å². The molecule has 6 nitrogen and oxygen atoms in total. The zero-order valence-corrected chi connectivity index (χ0v) is 17.0. The molecule has 0 bridgehead atoms. The largest absolute Gasteiger partial charge is 0.481 e. The minimum absolute atomic E-state index is 0.192. The van der Waals surface area contributed by atoms with Crippen molar-refractivity contribution in [1.82, 2.24) is 9.62 Å². The highest BCUT2D eigenvalue weighted by Gasteiger charge is 2.28. The van der Waals surface area contributed by atoms with Gasteiger partial charge in [0.15, 0.2) is 6.10 Å². The van der Waals surface area contributed by atoms with Crippen LogP contribution in [0.4, 0.5) is 0 Å². The quantitative estimate of drug-likeness (QED) is 0.806. The summed E-state index contributed by atoms with van der Waals surface area (Å²) in [5, 5.41) is 2.91. The molecule has 1 fully saturated rings. The Bertz CT molecular complexity index is 898. The van der Waals surface area contributed by atoms with E-state index in [1.807, 2.05) is 54.6 Å². The molecule has 0 spiro atoms. The molecular weight excluding hydrogens is 376 g/mol. The summed E-state index contributed by atoms with van der Waals surface area (Å²) in [5.74, 6) is 0.372.